The predicted octanol–water partition coefficient (Wildman–Crippen LogP) is 7.03. The highest BCUT2D eigenvalue weighted by atomic mass is 35.5. The topological polar surface area (TPSA) is 42.2 Å². The molecule has 0 aliphatic rings. The lowest BCUT2D eigenvalue weighted by Gasteiger charge is -2.11. The van der Waals surface area contributed by atoms with Gasteiger partial charge in [-0.3, -0.25) is 4.79 Å². The van der Waals surface area contributed by atoms with E-state index in [2.05, 4.69) is 0 Å². The third kappa shape index (κ3) is 4.76. The number of carbonyl (C=O) groups excluding carboxylic acids is 1. The number of carbonyl (C=O) groups is 1. The van der Waals surface area contributed by atoms with Gasteiger partial charge in [-0.25, -0.2) is 4.39 Å². The molecular weight excluding hydrogens is 443 g/mol. The largest absolute Gasteiger partial charge is 0.451 e. The van der Waals surface area contributed by atoms with Gasteiger partial charge >= 0.3 is 12.4 Å². The van der Waals surface area contributed by atoms with Gasteiger partial charge in [-0.2, -0.15) is 26.3 Å². The third-order valence-electron chi connectivity index (χ3n) is 3.85. The van der Waals surface area contributed by atoms with Gasteiger partial charge in [-0.15, -0.1) is 0 Å². The van der Waals surface area contributed by atoms with E-state index in [1.807, 2.05) is 5.32 Å². The van der Waals surface area contributed by atoms with Crippen molar-refractivity contribution in [2.24, 2.45) is 0 Å². The standard InChI is InChI=1S/C19H9ClF7NO2/c20-11-3-1-9(2-4-11)15-8-14(16(30-15)19(25,26)27)17(29)28-13-6-10(18(22,23)24)5-12(21)7-13/h1-8H,(H,28,29). The molecule has 11 heteroatoms. The van der Waals surface area contributed by atoms with E-state index in [-0.39, 0.29) is 17.4 Å². The molecule has 0 aliphatic heterocycles. The molecule has 1 aromatic heterocycles. The van der Waals surface area contributed by atoms with E-state index >= 15 is 0 Å². The summed E-state index contributed by atoms with van der Waals surface area (Å²) in [5.41, 5.74) is -2.89. The van der Waals surface area contributed by atoms with E-state index in [9.17, 15) is 35.5 Å². The minimum absolute atomic E-state index is 0.175. The Labute approximate surface area is 169 Å². The minimum Gasteiger partial charge on any atom is -0.451 e. The van der Waals surface area contributed by atoms with Gasteiger partial charge in [0.1, 0.15) is 11.6 Å². The summed E-state index contributed by atoms with van der Waals surface area (Å²) in [6, 6.07) is 7.39. The maximum Gasteiger partial charge on any atom is 0.450 e. The summed E-state index contributed by atoms with van der Waals surface area (Å²) < 4.78 is 96.6. The molecule has 30 heavy (non-hydrogen) atoms. The molecule has 1 amide bonds. The molecule has 0 aliphatic carbocycles. The van der Waals surface area contributed by atoms with Crippen LogP contribution in [0.3, 0.4) is 0 Å². The van der Waals surface area contributed by atoms with Crippen molar-refractivity contribution in [2.45, 2.75) is 12.4 Å². The molecule has 0 atom stereocenters. The molecule has 0 fully saturated rings. The first-order valence-corrected chi connectivity index (χ1v) is 8.38. The van der Waals surface area contributed by atoms with Gasteiger partial charge in [0.2, 0.25) is 5.76 Å². The normalized spacial score (nSPS) is 12.1. The Morgan fingerprint density at radius 1 is 0.900 bits per heavy atom. The summed E-state index contributed by atoms with van der Waals surface area (Å²) >= 11 is 5.72. The number of rotatable bonds is 3. The summed E-state index contributed by atoms with van der Waals surface area (Å²) in [5, 5.41) is 2.15. The van der Waals surface area contributed by atoms with E-state index in [0.717, 1.165) is 6.07 Å². The highest BCUT2D eigenvalue weighted by molar-refractivity contribution is 6.30. The minimum atomic E-state index is -5.07. The number of hydrogen-bond donors (Lipinski definition) is 1. The predicted molar refractivity (Wildman–Crippen MR) is 93.5 cm³/mol. The molecule has 0 saturated heterocycles. The molecule has 3 nitrogen and oxygen atoms in total. The van der Waals surface area contributed by atoms with Crippen molar-refractivity contribution in [3.05, 3.63) is 76.3 Å². The zero-order chi connectivity index (χ0) is 22.3. The van der Waals surface area contributed by atoms with E-state index in [0.29, 0.717) is 17.2 Å². The Morgan fingerprint density at radius 2 is 1.53 bits per heavy atom. The van der Waals surface area contributed by atoms with Gasteiger partial charge in [0.25, 0.3) is 5.91 Å². The first-order chi connectivity index (χ1) is 13.8. The zero-order valence-corrected chi connectivity index (χ0v) is 15.2. The van der Waals surface area contributed by atoms with Crippen molar-refractivity contribution < 1.29 is 39.9 Å². The number of hydrogen-bond acceptors (Lipinski definition) is 2. The van der Waals surface area contributed by atoms with Gasteiger partial charge in [-0.1, -0.05) is 11.6 Å². The van der Waals surface area contributed by atoms with Gasteiger partial charge in [0, 0.05) is 16.3 Å². The summed E-state index contributed by atoms with van der Waals surface area (Å²) in [6.45, 7) is 0. The smallest absolute Gasteiger partial charge is 0.450 e. The van der Waals surface area contributed by atoms with Crippen LogP contribution in [-0.4, -0.2) is 5.91 Å². The quantitative estimate of drug-likeness (QED) is 0.434. The van der Waals surface area contributed by atoms with Crippen LogP contribution in [0.1, 0.15) is 21.7 Å². The molecule has 0 bridgehead atoms. The van der Waals surface area contributed by atoms with E-state index in [4.69, 9.17) is 16.0 Å². The molecule has 0 radical (unpaired) electrons. The van der Waals surface area contributed by atoms with Crippen LogP contribution in [0.2, 0.25) is 5.02 Å². The number of amides is 1. The molecule has 0 saturated carbocycles. The molecule has 0 unspecified atom stereocenters. The van der Waals surface area contributed by atoms with Crippen LogP contribution in [0.5, 0.6) is 0 Å². The molecule has 0 spiro atoms. The fourth-order valence-corrected chi connectivity index (χ4v) is 2.68. The van der Waals surface area contributed by atoms with Crippen molar-refractivity contribution in [1.29, 1.82) is 0 Å². The lowest BCUT2D eigenvalue weighted by atomic mass is 10.1. The summed E-state index contributed by atoms with van der Waals surface area (Å²) in [5.74, 6) is -4.73. The lowest BCUT2D eigenvalue weighted by molar-refractivity contribution is -0.153. The molecule has 2 aromatic carbocycles. The van der Waals surface area contributed by atoms with Crippen molar-refractivity contribution in [2.75, 3.05) is 5.32 Å². The summed E-state index contributed by atoms with van der Waals surface area (Å²) in [6.07, 6.45) is -9.99. The van der Waals surface area contributed by atoms with E-state index in [1.54, 1.807) is 0 Å². The second-order valence-corrected chi connectivity index (χ2v) is 6.48. The zero-order valence-electron chi connectivity index (χ0n) is 14.5. The number of nitrogens with one attached hydrogen (secondary N) is 1. The summed E-state index contributed by atoms with van der Waals surface area (Å²) in [7, 11) is 0. The van der Waals surface area contributed by atoms with Crippen LogP contribution >= 0.6 is 11.6 Å². The number of benzene rings is 2. The average Bonchev–Trinajstić information content (AvgIpc) is 3.07. The molecular formula is C19H9ClF7NO2. The molecule has 158 valence electrons. The Morgan fingerprint density at radius 3 is 2.10 bits per heavy atom. The molecule has 1 heterocycles. The highest BCUT2D eigenvalue weighted by Gasteiger charge is 2.40. The van der Waals surface area contributed by atoms with Crippen molar-refractivity contribution >= 4 is 23.2 Å². The number of halogens is 8. The van der Waals surface area contributed by atoms with Crippen LogP contribution in [0.4, 0.5) is 36.4 Å². The van der Waals surface area contributed by atoms with Crippen LogP contribution in [0.25, 0.3) is 11.3 Å². The van der Waals surface area contributed by atoms with Crippen molar-refractivity contribution in [3.8, 4) is 11.3 Å². The van der Waals surface area contributed by atoms with Crippen LogP contribution in [0.15, 0.2) is 52.9 Å². The van der Waals surface area contributed by atoms with Crippen LogP contribution < -0.4 is 5.32 Å². The van der Waals surface area contributed by atoms with E-state index in [1.165, 1.54) is 24.3 Å². The Bertz CT molecular complexity index is 1090. The maximum absolute atomic E-state index is 13.5. The number of anilines is 1. The number of alkyl halides is 6. The Hall–Kier alpha value is -3.01. The second-order valence-electron chi connectivity index (χ2n) is 6.04. The molecule has 1 N–H and O–H groups in total. The SMILES string of the molecule is O=C(Nc1cc(F)cc(C(F)(F)F)c1)c1cc(-c2ccc(Cl)cc2)oc1C(F)(F)F. The van der Waals surface area contributed by atoms with Gasteiger partial charge in [0.15, 0.2) is 0 Å². The molecule has 3 rings (SSSR count). The first kappa shape index (κ1) is 21.7. The fraction of sp³-hybridized carbons (Fsp3) is 0.105. The molecule has 3 aromatic rings. The Balaban J connectivity index is 1.99. The van der Waals surface area contributed by atoms with Crippen LogP contribution in [-0.2, 0) is 12.4 Å². The first-order valence-electron chi connectivity index (χ1n) is 8.00. The second kappa shape index (κ2) is 7.67. The summed E-state index contributed by atoms with van der Waals surface area (Å²) in [4.78, 5) is 12.4. The highest BCUT2D eigenvalue weighted by Crippen LogP contribution is 2.38. The van der Waals surface area contributed by atoms with Gasteiger partial charge in [-0.05, 0) is 48.5 Å². The Kier molecular flexibility index (Phi) is 5.55. The van der Waals surface area contributed by atoms with Crippen LogP contribution in [0, 0.1) is 5.82 Å². The van der Waals surface area contributed by atoms with Gasteiger partial charge < -0.3 is 9.73 Å². The number of furan rings is 1. The van der Waals surface area contributed by atoms with Gasteiger partial charge in [0.05, 0.1) is 11.1 Å². The fourth-order valence-electron chi connectivity index (χ4n) is 2.55. The van der Waals surface area contributed by atoms with E-state index < -0.39 is 46.7 Å². The van der Waals surface area contributed by atoms with Crippen molar-refractivity contribution in [3.63, 3.8) is 0 Å². The average molecular weight is 452 g/mol. The lowest BCUT2D eigenvalue weighted by Crippen LogP contribution is -2.17. The van der Waals surface area contributed by atoms with Crippen molar-refractivity contribution in [1.82, 2.24) is 0 Å². The third-order valence-corrected chi connectivity index (χ3v) is 4.10. The monoisotopic (exact) mass is 451 g/mol. The maximum atomic E-state index is 13.5.